The molecule has 1 aromatic heterocycles. The summed E-state index contributed by atoms with van der Waals surface area (Å²) >= 11 is 5.69. The second-order valence-corrected chi connectivity index (χ2v) is 8.44. The van der Waals surface area contributed by atoms with Gasteiger partial charge in [0.2, 0.25) is 0 Å². The van der Waals surface area contributed by atoms with Gasteiger partial charge in [0.1, 0.15) is 0 Å². The summed E-state index contributed by atoms with van der Waals surface area (Å²) in [4.78, 5) is 17.8. The van der Waals surface area contributed by atoms with Gasteiger partial charge in [-0.1, -0.05) is 12.1 Å². The van der Waals surface area contributed by atoms with Crippen LogP contribution in [-0.4, -0.2) is 53.5 Å². The molecule has 3 heterocycles. The van der Waals surface area contributed by atoms with Crippen LogP contribution in [0, 0.1) is 6.92 Å². The van der Waals surface area contributed by atoms with E-state index in [1.54, 1.807) is 0 Å². The fourth-order valence-electron chi connectivity index (χ4n) is 4.05. The van der Waals surface area contributed by atoms with Gasteiger partial charge < -0.3 is 24.7 Å². The molecular weight excluding hydrogens is 386 g/mol. The largest absolute Gasteiger partial charge is 0.376 e. The van der Waals surface area contributed by atoms with Crippen LogP contribution in [0.2, 0.25) is 0 Å². The number of pyridine rings is 1. The number of aryl methyl sites for hydroxylation is 1. The number of nitrogens with zero attached hydrogens (tertiary/aromatic N) is 1. The van der Waals surface area contributed by atoms with Crippen molar-refractivity contribution in [3.05, 3.63) is 45.7 Å². The summed E-state index contributed by atoms with van der Waals surface area (Å²) in [5.74, 6) is 0. The second kappa shape index (κ2) is 9.24. The molecule has 156 valence electrons. The molecule has 0 aliphatic carbocycles. The number of benzene rings is 1. The first kappa shape index (κ1) is 20.3. The Morgan fingerprint density at radius 2 is 1.97 bits per heavy atom. The molecule has 0 amide bonds. The Balaban J connectivity index is 1.51. The van der Waals surface area contributed by atoms with E-state index in [9.17, 15) is 4.79 Å². The summed E-state index contributed by atoms with van der Waals surface area (Å²) in [7, 11) is 0. The molecule has 0 unspecified atom stereocenters. The molecule has 2 N–H and O–H groups in total. The summed E-state index contributed by atoms with van der Waals surface area (Å²) in [6, 6.07) is 8.07. The first-order valence-electron chi connectivity index (χ1n) is 10.5. The molecule has 2 fully saturated rings. The number of hydrogen-bond acceptors (Lipinski definition) is 4. The second-order valence-electron chi connectivity index (χ2n) is 8.05. The molecular formula is C22H29N3O3S. The molecule has 6 nitrogen and oxygen atoms in total. The zero-order valence-corrected chi connectivity index (χ0v) is 17.7. The Morgan fingerprint density at radius 1 is 1.21 bits per heavy atom. The van der Waals surface area contributed by atoms with E-state index in [1.165, 1.54) is 0 Å². The van der Waals surface area contributed by atoms with E-state index in [4.69, 9.17) is 21.7 Å². The third-order valence-corrected chi connectivity index (χ3v) is 6.08. The molecule has 2 aliphatic heterocycles. The van der Waals surface area contributed by atoms with Crippen molar-refractivity contribution in [3.8, 4) is 0 Å². The zero-order valence-electron chi connectivity index (χ0n) is 16.9. The highest BCUT2D eigenvalue weighted by Gasteiger charge is 2.23. The number of ether oxygens (including phenoxy) is 2. The molecule has 2 aromatic rings. The van der Waals surface area contributed by atoms with Crippen LogP contribution in [0.5, 0.6) is 0 Å². The maximum Gasteiger partial charge on any atom is 0.253 e. The molecule has 2 aliphatic rings. The molecule has 7 heteroatoms. The van der Waals surface area contributed by atoms with E-state index in [1.807, 2.05) is 25.1 Å². The number of H-pyrrole nitrogens is 1. The number of thiocarbonyl (C=S) groups is 1. The van der Waals surface area contributed by atoms with Crippen LogP contribution in [-0.2, 0) is 16.0 Å². The lowest BCUT2D eigenvalue weighted by Gasteiger charge is -2.28. The number of rotatable bonds is 6. The molecule has 0 bridgehead atoms. The Bertz CT molecular complexity index is 917. The average molecular weight is 416 g/mol. The minimum atomic E-state index is -0.0673. The van der Waals surface area contributed by atoms with Crippen LogP contribution in [0.15, 0.2) is 29.1 Å². The van der Waals surface area contributed by atoms with Gasteiger partial charge in [-0.2, -0.15) is 0 Å². The topological polar surface area (TPSA) is 66.6 Å². The highest BCUT2D eigenvalue weighted by molar-refractivity contribution is 7.80. The average Bonchev–Trinajstić information content (AvgIpc) is 3.40. The quantitative estimate of drug-likeness (QED) is 0.708. The number of fused-ring (bicyclic) bond motifs is 1. The Labute approximate surface area is 176 Å². The van der Waals surface area contributed by atoms with Gasteiger partial charge in [0.25, 0.3) is 5.56 Å². The third-order valence-electron chi connectivity index (χ3n) is 5.68. The van der Waals surface area contributed by atoms with E-state index in [0.29, 0.717) is 30.3 Å². The molecule has 2 saturated heterocycles. The molecule has 4 rings (SSSR count). The fraction of sp³-hybridized carbons (Fsp3) is 0.545. The number of hydrogen-bond donors (Lipinski definition) is 2. The van der Waals surface area contributed by atoms with Gasteiger partial charge in [-0.05, 0) is 67.9 Å². The van der Waals surface area contributed by atoms with Crippen molar-refractivity contribution in [2.24, 2.45) is 0 Å². The van der Waals surface area contributed by atoms with E-state index >= 15 is 0 Å². The third kappa shape index (κ3) is 5.15. The molecule has 1 aromatic carbocycles. The van der Waals surface area contributed by atoms with E-state index in [0.717, 1.165) is 55.4 Å². The van der Waals surface area contributed by atoms with Crippen LogP contribution >= 0.6 is 12.2 Å². The van der Waals surface area contributed by atoms with Gasteiger partial charge in [0, 0.05) is 37.4 Å². The Hall–Kier alpha value is -1.96. The van der Waals surface area contributed by atoms with Crippen LogP contribution in [0.3, 0.4) is 0 Å². The maximum absolute atomic E-state index is 12.7. The van der Waals surface area contributed by atoms with Gasteiger partial charge in [-0.25, -0.2) is 0 Å². The predicted octanol–water partition coefficient (Wildman–Crippen LogP) is 2.87. The van der Waals surface area contributed by atoms with Crippen molar-refractivity contribution < 1.29 is 9.47 Å². The lowest BCUT2D eigenvalue weighted by atomic mass is 10.1. The van der Waals surface area contributed by atoms with Crippen LogP contribution in [0.1, 0.15) is 36.8 Å². The highest BCUT2D eigenvalue weighted by atomic mass is 32.1. The molecule has 29 heavy (non-hydrogen) atoms. The van der Waals surface area contributed by atoms with E-state index in [-0.39, 0.29) is 17.8 Å². The van der Waals surface area contributed by atoms with Crippen LogP contribution in [0.4, 0.5) is 0 Å². The molecule has 2 atom stereocenters. The minimum absolute atomic E-state index is 0.0673. The normalized spacial score (nSPS) is 21.6. The standard InChI is InChI=1S/C22H29N3O3S/c1-15-6-7-16-11-17(21(26)24-20(16)10-15)13-25(14-19-5-3-9-28-19)22(29)23-12-18-4-2-8-27-18/h6-7,10-11,18-19H,2-5,8-9,12-14H2,1H3,(H,23,29)(H,24,26)/t18-,19+/m1/s1. The van der Waals surface area contributed by atoms with Crippen molar-refractivity contribution in [1.29, 1.82) is 0 Å². The summed E-state index contributed by atoms with van der Waals surface area (Å²) in [5, 5.41) is 5.03. The lowest BCUT2D eigenvalue weighted by molar-refractivity contribution is 0.0885. The van der Waals surface area contributed by atoms with Crippen molar-refractivity contribution in [2.75, 3.05) is 26.3 Å². The summed E-state index contributed by atoms with van der Waals surface area (Å²) in [6.45, 7) is 5.48. The summed E-state index contributed by atoms with van der Waals surface area (Å²) in [5.41, 5.74) is 2.63. The Kier molecular flexibility index (Phi) is 6.47. The van der Waals surface area contributed by atoms with Gasteiger partial charge in [0.15, 0.2) is 5.11 Å². The first-order chi connectivity index (χ1) is 14.1. The predicted molar refractivity (Wildman–Crippen MR) is 118 cm³/mol. The molecule has 0 spiro atoms. The van der Waals surface area contributed by atoms with Crippen molar-refractivity contribution in [1.82, 2.24) is 15.2 Å². The van der Waals surface area contributed by atoms with E-state index in [2.05, 4.69) is 21.3 Å². The highest BCUT2D eigenvalue weighted by Crippen LogP contribution is 2.17. The van der Waals surface area contributed by atoms with Gasteiger partial charge in [-0.3, -0.25) is 4.79 Å². The smallest absolute Gasteiger partial charge is 0.253 e. The number of aromatic amines is 1. The minimum Gasteiger partial charge on any atom is -0.376 e. The first-order valence-corrected chi connectivity index (χ1v) is 10.9. The van der Waals surface area contributed by atoms with Gasteiger partial charge in [0.05, 0.1) is 18.8 Å². The fourth-order valence-corrected chi connectivity index (χ4v) is 4.28. The van der Waals surface area contributed by atoms with E-state index < -0.39 is 0 Å². The molecule has 0 radical (unpaired) electrons. The summed E-state index contributed by atoms with van der Waals surface area (Å²) in [6.07, 6.45) is 4.63. The van der Waals surface area contributed by atoms with Crippen molar-refractivity contribution in [3.63, 3.8) is 0 Å². The molecule has 0 saturated carbocycles. The van der Waals surface area contributed by atoms with Crippen molar-refractivity contribution in [2.45, 2.75) is 51.4 Å². The Morgan fingerprint density at radius 3 is 2.69 bits per heavy atom. The zero-order chi connectivity index (χ0) is 20.2. The SMILES string of the molecule is Cc1ccc2cc(CN(C[C@@H]3CCCO3)C(=S)NC[C@H]3CCCO3)c(=O)[nH]c2c1. The number of aromatic nitrogens is 1. The van der Waals surface area contributed by atoms with Gasteiger partial charge in [-0.15, -0.1) is 0 Å². The van der Waals surface area contributed by atoms with Crippen LogP contribution < -0.4 is 10.9 Å². The van der Waals surface area contributed by atoms with Gasteiger partial charge >= 0.3 is 0 Å². The number of nitrogens with one attached hydrogen (secondary N) is 2. The van der Waals surface area contributed by atoms with Crippen LogP contribution in [0.25, 0.3) is 10.9 Å². The summed E-state index contributed by atoms with van der Waals surface area (Å²) < 4.78 is 11.5. The maximum atomic E-state index is 12.7. The lowest BCUT2D eigenvalue weighted by Crippen LogP contribution is -2.45. The van der Waals surface area contributed by atoms with Crippen molar-refractivity contribution >= 4 is 28.2 Å². The monoisotopic (exact) mass is 415 g/mol.